The summed E-state index contributed by atoms with van der Waals surface area (Å²) in [5.41, 5.74) is 1.73. The number of carbonyl (C=O) groups excluding carboxylic acids is 1. The van der Waals surface area contributed by atoms with Crippen LogP contribution in [0.3, 0.4) is 0 Å². The Kier molecular flexibility index (Phi) is 5.66. The first-order valence-electron chi connectivity index (χ1n) is 8.09. The van der Waals surface area contributed by atoms with Crippen LogP contribution in [-0.4, -0.2) is 22.4 Å². The first-order valence-corrected chi connectivity index (χ1v) is 8.09. The van der Waals surface area contributed by atoms with Crippen LogP contribution < -0.4 is 15.4 Å². The lowest BCUT2D eigenvalue weighted by atomic mass is 10.2. The molecule has 3 rings (SSSR count). The summed E-state index contributed by atoms with van der Waals surface area (Å²) < 4.78 is 7.50. The Labute approximate surface area is 146 Å². The van der Waals surface area contributed by atoms with Crippen LogP contribution in [-0.2, 0) is 13.1 Å². The summed E-state index contributed by atoms with van der Waals surface area (Å²) in [7, 11) is 0. The highest BCUT2D eigenvalue weighted by molar-refractivity contribution is 5.89. The Balaban J connectivity index is 1.46. The highest BCUT2D eigenvalue weighted by atomic mass is 16.5. The molecule has 2 N–H and O–H groups in total. The molecule has 0 spiro atoms. The molecule has 1 aromatic heterocycles. The second-order valence-electron chi connectivity index (χ2n) is 5.44. The molecule has 2 amide bonds. The standard InChI is InChI=1S/C19H20N4O2/c24-19(20-15-16-6-2-1-3-7-16)22-17-8-4-9-18(14-17)25-13-12-23-11-5-10-21-23/h1-11,14H,12-13,15H2,(H2,20,22,24). The van der Waals surface area contributed by atoms with Gasteiger partial charge in [-0.05, 0) is 23.8 Å². The number of anilines is 1. The monoisotopic (exact) mass is 336 g/mol. The lowest BCUT2D eigenvalue weighted by Gasteiger charge is -2.10. The fourth-order valence-corrected chi connectivity index (χ4v) is 2.31. The second kappa shape index (κ2) is 8.54. The summed E-state index contributed by atoms with van der Waals surface area (Å²) in [6.07, 6.45) is 3.62. The van der Waals surface area contributed by atoms with Gasteiger partial charge in [-0.2, -0.15) is 5.10 Å². The van der Waals surface area contributed by atoms with Gasteiger partial charge in [-0.15, -0.1) is 0 Å². The predicted molar refractivity (Wildman–Crippen MR) is 96.5 cm³/mol. The van der Waals surface area contributed by atoms with Crippen LogP contribution in [0.4, 0.5) is 10.5 Å². The number of urea groups is 1. The number of nitrogens with one attached hydrogen (secondary N) is 2. The molecule has 128 valence electrons. The maximum atomic E-state index is 12.0. The largest absolute Gasteiger partial charge is 0.492 e. The van der Waals surface area contributed by atoms with Gasteiger partial charge in [0.25, 0.3) is 0 Å². The van der Waals surface area contributed by atoms with E-state index in [1.165, 1.54) is 0 Å². The summed E-state index contributed by atoms with van der Waals surface area (Å²) >= 11 is 0. The molecule has 0 aliphatic rings. The van der Waals surface area contributed by atoms with Crippen molar-refractivity contribution in [2.45, 2.75) is 13.1 Å². The minimum atomic E-state index is -0.252. The molecule has 2 aromatic carbocycles. The van der Waals surface area contributed by atoms with E-state index in [0.717, 1.165) is 5.56 Å². The van der Waals surface area contributed by atoms with Gasteiger partial charge in [0, 0.05) is 30.7 Å². The van der Waals surface area contributed by atoms with Crippen molar-refractivity contribution in [3.05, 3.63) is 78.6 Å². The fraction of sp³-hybridized carbons (Fsp3) is 0.158. The van der Waals surface area contributed by atoms with E-state index in [0.29, 0.717) is 31.1 Å². The summed E-state index contributed by atoms with van der Waals surface area (Å²) in [4.78, 5) is 12.0. The fourth-order valence-electron chi connectivity index (χ4n) is 2.31. The van der Waals surface area contributed by atoms with Crippen molar-refractivity contribution in [2.24, 2.45) is 0 Å². The minimum Gasteiger partial charge on any atom is -0.492 e. The third-order valence-electron chi connectivity index (χ3n) is 3.54. The minimum absolute atomic E-state index is 0.252. The Morgan fingerprint density at radius 2 is 1.96 bits per heavy atom. The molecule has 1 heterocycles. The Bertz CT molecular complexity index is 788. The molecule has 0 fully saturated rings. The van der Waals surface area contributed by atoms with Crippen molar-refractivity contribution in [3.8, 4) is 5.75 Å². The molecule has 0 saturated carbocycles. The molecule has 0 radical (unpaired) electrons. The molecule has 6 nitrogen and oxygen atoms in total. The van der Waals surface area contributed by atoms with Crippen LogP contribution in [0.2, 0.25) is 0 Å². The normalized spacial score (nSPS) is 10.2. The highest BCUT2D eigenvalue weighted by Gasteiger charge is 2.03. The van der Waals surface area contributed by atoms with Crippen LogP contribution >= 0.6 is 0 Å². The molecule has 0 aliphatic carbocycles. The zero-order chi connectivity index (χ0) is 17.3. The number of rotatable bonds is 7. The van der Waals surface area contributed by atoms with E-state index in [4.69, 9.17) is 4.74 Å². The molecule has 3 aromatic rings. The lowest BCUT2D eigenvalue weighted by Crippen LogP contribution is -2.28. The topological polar surface area (TPSA) is 68.2 Å². The zero-order valence-corrected chi connectivity index (χ0v) is 13.8. The van der Waals surface area contributed by atoms with Crippen molar-refractivity contribution in [1.29, 1.82) is 0 Å². The van der Waals surface area contributed by atoms with Crippen LogP contribution in [0.1, 0.15) is 5.56 Å². The van der Waals surface area contributed by atoms with Gasteiger partial charge in [0.1, 0.15) is 12.4 Å². The third-order valence-corrected chi connectivity index (χ3v) is 3.54. The Hall–Kier alpha value is -3.28. The van der Waals surface area contributed by atoms with Gasteiger partial charge >= 0.3 is 6.03 Å². The van der Waals surface area contributed by atoms with Gasteiger partial charge in [-0.3, -0.25) is 4.68 Å². The van der Waals surface area contributed by atoms with E-state index >= 15 is 0 Å². The molecule has 0 unspecified atom stereocenters. The second-order valence-corrected chi connectivity index (χ2v) is 5.44. The summed E-state index contributed by atoms with van der Waals surface area (Å²) in [6.45, 7) is 1.65. The van der Waals surface area contributed by atoms with Gasteiger partial charge in [0.15, 0.2) is 0 Å². The number of hydrogen-bond donors (Lipinski definition) is 2. The maximum absolute atomic E-state index is 12.0. The SMILES string of the molecule is O=C(NCc1ccccc1)Nc1cccc(OCCn2cccn2)c1. The average Bonchev–Trinajstić information content (AvgIpc) is 3.15. The number of carbonyl (C=O) groups is 1. The number of nitrogens with zero attached hydrogens (tertiary/aromatic N) is 2. The van der Waals surface area contributed by atoms with Gasteiger partial charge < -0.3 is 15.4 Å². The Morgan fingerprint density at radius 1 is 1.08 bits per heavy atom. The van der Waals surface area contributed by atoms with E-state index in [1.807, 2.05) is 60.8 Å². The number of hydrogen-bond acceptors (Lipinski definition) is 3. The highest BCUT2D eigenvalue weighted by Crippen LogP contribution is 2.17. The van der Waals surface area contributed by atoms with Crippen molar-refractivity contribution < 1.29 is 9.53 Å². The van der Waals surface area contributed by atoms with Gasteiger partial charge in [-0.25, -0.2) is 4.79 Å². The molecule has 0 saturated heterocycles. The Morgan fingerprint density at radius 3 is 2.76 bits per heavy atom. The van der Waals surface area contributed by atoms with Crippen LogP contribution in [0.5, 0.6) is 5.75 Å². The molecule has 6 heteroatoms. The molecule has 0 bridgehead atoms. The van der Waals surface area contributed by atoms with Gasteiger partial charge in [-0.1, -0.05) is 36.4 Å². The van der Waals surface area contributed by atoms with E-state index in [9.17, 15) is 4.79 Å². The quantitative estimate of drug-likeness (QED) is 0.696. The van der Waals surface area contributed by atoms with Crippen LogP contribution in [0, 0.1) is 0 Å². The zero-order valence-electron chi connectivity index (χ0n) is 13.8. The van der Waals surface area contributed by atoms with Crippen molar-refractivity contribution in [2.75, 3.05) is 11.9 Å². The first kappa shape index (κ1) is 16.6. The maximum Gasteiger partial charge on any atom is 0.319 e. The lowest BCUT2D eigenvalue weighted by molar-refractivity contribution is 0.251. The number of ether oxygens (including phenoxy) is 1. The summed E-state index contributed by atoms with van der Waals surface area (Å²) in [5, 5.41) is 9.76. The molecular formula is C19H20N4O2. The number of benzene rings is 2. The predicted octanol–water partition coefficient (Wildman–Crippen LogP) is 3.28. The smallest absolute Gasteiger partial charge is 0.319 e. The van der Waals surface area contributed by atoms with E-state index in [-0.39, 0.29) is 6.03 Å². The van der Waals surface area contributed by atoms with E-state index < -0.39 is 0 Å². The van der Waals surface area contributed by atoms with Crippen LogP contribution in [0.25, 0.3) is 0 Å². The van der Waals surface area contributed by atoms with Crippen molar-refractivity contribution >= 4 is 11.7 Å². The van der Waals surface area contributed by atoms with E-state index in [2.05, 4.69) is 15.7 Å². The number of amides is 2. The van der Waals surface area contributed by atoms with Crippen molar-refractivity contribution in [3.63, 3.8) is 0 Å². The molecule has 0 atom stereocenters. The molecule has 25 heavy (non-hydrogen) atoms. The van der Waals surface area contributed by atoms with Gasteiger partial charge in [0.2, 0.25) is 0 Å². The third kappa shape index (κ3) is 5.39. The van der Waals surface area contributed by atoms with Gasteiger partial charge in [0.05, 0.1) is 6.54 Å². The van der Waals surface area contributed by atoms with E-state index in [1.54, 1.807) is 16.9 Å². The van der Waals surface area contributed by atoms with Crippen molar-refractivity contribution in [1.82, 2.24) is 15.1 Å². The number of aromatic nitrogens is 2. The summed E-state index contributed by atoms with van der Waals surface area (Å²) in [6, 6.07) is 18.7. The molecular weight excluding hydrogens is 316 g/mol. The van der Waals surface area contributed by atoms with Crippen LogP contribution in [0.15, 0.2) is 73.1 Å². The summed E-state index contributed by atoms with van der Waals surface area (Å²) in [5.74, 6) is 0.702. The average molecular weight is 336 g/mol. The molecule has 0 aliphatic heterocycles. The first-order chi connectivity index (χ1) is 12.3.